The molecule has 0 aliphatic heterocycles. The van der Waals surface area contributed by atoms with E-state index in [1.807, 2.05) is 6.92 Å². The Bertz CT molecular complexity index is 669. The van der Waals surface area contributed by atoms with Gasteiger partial charge in [-0.25, -0.2) is 9.97 Å². The van der Waals surface area contributed by atoms with Crippen molar-refractivity contribution in [3.05, 3.63) is 17.1 Å². The van der Waals surface area contributed by atoms with Gasteiger partial charge in [-0.2, -0.15) is 0 Å². The first kappa shape index (κ1) is 14.3. The fourth-order valence-electron chi connectivity index (χ4n) is 3.22. The van der Waals surface area contributed by atoms with E-state index in [2.05, 4.69) is 40.2 Å². The Morgan fingerprint density at radius 1 is 1.24 bits per heavy atom. The van der Waals surface area contributed by atoms with Crippen LogP contribution < -0.4 is 5.73 Å². The average Bonchev–Trinajstić information content (AvgIpc) is 3.23. The third-order valence-corrected chi connectivity index (χ3v) is 4.69. The Hall–Kier alpha value is -1.62. The standard InChI is InChI=1S/C16H25N5/c1-5-20(13-6-7-13)8-9-21-11(3)10(2)14-15(17)18-12(4)19-16(14)21/h13H,5-9H2,1-4H3,(H2,17,18,19). The van der Waals surface area contributed by atoms with Gasteiger partial charge in [-0.1, -0.05) is 6.92 Å². The van der Waals surface area contributed by atoms with Gasteiger partial charge in [0.2, 0.25) is 0 Å². The van der Waals surface area contributed by atoms with E-state index in [4.69, 9.17) is 5.73 Å². The molecule has 114 valence electrons. The minimum atomic E-state index is 0.603. The highest BCUT2D eigenvalue weighted by atomic mass is 15.2. The van der Waals surface area contributed by atoms with E-state index in [0.29, 0.717) is 5.82 Å². The number of fused-ring (bicyclic) bond motifs is 1. The summed E-state index contributed by atoms with van der Waals surface area (Å²) in [5, 5.41) is 1.02. The summed E-state index contributed by atoms with van der Waals surface area (Å²) in [5.41, 5.74) is 9.55. The molecule has 0 aromatic carbocycles. The molecule has 1 aliphatic carbocycles. The lowest BCUT2D eigenvalue weighted by molar-refractivity contribution is 0.266. The first-order valence-corrected chi connectivity index (χ1v) is 7.86. The minimum absolute atomic E-state index is 0.603. The monoisotopic (exact) mass is 287 g/mol. The number of hydrogen-bond acceptors (Lipinski definition) is 4. The van der Waals surface area contributed by atoms with Gasteiger partial charge in [0.25, 0.3) is 0 Å². The molecule has 1 saturated carbocycles. The molecule has 3 rings (SSSR count). The number of nitrogens with zero attached hydrogens (tertiary/aromatic N) is 4. The Morgan fingerprint density at radius 2 is 1.95 bits per heavy atom. The molecule has 2 aromatic heterocycles. The van der Waals surface area contributed by atoms with Crippen LogP contribution in [0.3, 0.4) is 0 Å². The third-order valence-electron chi connectivity index (χ3n) is 4.69. The first-order valence-electron chi connectivity index (χ1n) is 7.86. The quantitative estimate of drug-likeness (QED) is 0.917. The summed E-state index contributed by atoms with van der Waals surface area (Å²) in [6, 6.07) is 0.805. The molecule has 21 heavy (non-hydrogen) atoms. The molecule has 2 aromatic rings. The van der Waals surface area contributed by atoms with Gasteiger partial charge in [-0.05, 0) is 45.7 Å². The summed E-state index contributed by atoms with van der Waals surface area (Å²) in [5.74, 6) is 1.35. The Kier molecular flexibility index (Phi) is 3.61. The molecule has 0 bridgehead atoms. The summed E-state index contributed by atoms with van der Waals surface area (Å²) in [4.78, 5) is 11.5. The largest absolute Gasteiger partial charge is 0.383 e. The van der Waals surface area contributed by atoms with Gasteiger partial charge < -0.3 is 10.3 Å². The highest BCUT2D eigenvalue weighted by Crippen LogP contribution is 2.29. The summed E-state index contributed by atoms with van der Waals surface area (Å²) in [7, 11) is 0. The van der Waals surface area contributed by atoms with Crippen LogP contribution in [0.4, 0.5) is 5.82 Å². The normalized spacial score (nSPS) is 15.3. The van der Waals surface area contributed by atoms with E-state index in [0.717, 1.165) is 42.5 Å². The van der Waals surface area contributed by atoms with E-state index in [-0.39, 0.29) is 0 Å². The van der Waals surface area contributed by atoms with Crippen LogP contribution in [0.2, 0.25) is 0 Å². The lowest BCUT2D eigenvalue weighted by atomic mass is 10.2. The number of anilines is 1. The smallest absolute Gasteiger partial charge is 0.146 e. The van der Waals surface area contributed by atoms with Crippen molar-refractivity contribution in [1.82, 2.24) is 19.4 Å². The Balaban J connectivity index is 1.95. The van der Waals surface area contributed by atoms with Crippen molar-refractivity contribution in [3.8, 4) is 0 Å². The van der Waals surface area contributed by atoms with Crippen molar-refractivity contribution in [1.29, 1.82) is 0 Å². The van der Waals surface area contributed by atoms with Crippen LogP contribution in [0.15, 0.2) is 0 Å². The van der Waals surface area contributed by atoms with E-state index in [1.54, 1.807) is 0 Å². The van der Waals surface area contributed by atoms with Crippen LogP contribution in [0, 0.1) is 20.8 Å². The van der Waals surface area contributed by atoms with Crippen molar-refractivity contribution in [2.24, 2.45) is 0 Å². The number of likely N-dealkylation sites (N-methyl/N-ethyl adjacent to an activating group) is 1. The summed E-state index contributed by atoms with van der Waals surface area (Å²) in [6.45, 7) is 11.6. The van der Waals surface area contributed by atoms with Gasteiger partial charge in [0.15, 0.2) is 0 Å². The fourth-order valence-corrected chi connectivity index (χ4v) is 3.22. The summed E-state index contributed by atoms with van der Waals surface area (Å²) in [6.07, 6.45) is 2.71. The van der Waals surface area contributed by atoms with Crippen LogP contribution in [0.1, 0.15) is 36.8 Å². The van der Waals surface area contributed by atoms with Crippen LogP contribution in [0.25, 0.3) is 11.0 Å². The van der Waals surface area contributed by atoms with Gasteiger partial charge >= 0.3 is 0 Å². The second kappa shape index (κ2) is 5.30. The number of aryl methyl sites for hydroxylation is 2. The molecule has 0 atom stereocenters. The molecule has 0 radical (unpaired) electrons. The zero-order valence-corrected chi connectivity index (χ0v) is 13.5. The van der Waals surface area contributed by atoms with Gasteiger partial charge in [-0.15, -0.1) is 0 Å². The molecule has 1 fully saturated rings. The topological polar surface area (TPSA) is 60.0 Å². The Morgan fingerprint density at radius 3 is 2.57 bits per heavy atom. The van der Waals surface area contributed by atoms with Crippen molar-refractivity contribution in [2.75, 3.05) is 18.8 Å². The predicted octanol–water partition coefficient (Wildman–Crippen LogP) is 2.42. The lowest BCUT2D eigenvalue weighted by Crippen LogP contribution is -2.29. The molecule has 2 heterocycles. The lowest BCUT2D eigenvalue weighted by Gasteiger charge is -2.20. The molecule has 5 nitrogen and oxygen atoms in total. The summed E-state index contributed by atoms with van der Waals surface area (Å²) < 4.78 is 2.31. The maximum absolute atomic E-state index is 6.11. The van der Waals surface area contributed by atoms with Gasteiger partial charge in [0.05, 0.1) is 5.39 Å². The number of hydrogen-bond donors (Lipinski definition) is 1. The van der Waals surface area contributed by atoms with Gasteiger partial charge in [-0.3, -0.25) is 4.90 Å². The second-order valence-corrected chi connectivity index (χ2v) is 6.08. The molecule has 0 amide bonds. The maximum Gasteiger partial charge on any atom is 0.146 e. The maximum atomic E-state index is 6.11. The number of aromatic nitrogens is 3. The fraction of sp³-hybridized carbons (Fsp3) is 0.625. The molecule has 0 spiro atoms. The first-order chi connectivity index (χ1) is 10.0. The van der Waals surface area contributed by atoms with E-state index in [1.165, 1.54) is 24.1 Å². The van der Waals surface area contributed by atoms with E-state index >= 15 is 0 Å². The molecule has 0 saturated heterocycles. The molecular weight excluding hydrogens is 262 g/mol. The van der Waals surface area contributed by atoms with Crippen molar-refractivity contribution in [2.45, 2.75) is 53.1 Å². The number of nitrogen functional groups attached to an aromatic ring is 1. The van der Waals surface area contributed by atoms with Crippen molar-refractivity contribution >= 4 is 16.9 Å². The molecule has 2 N–H and O–H groups in total. The highest BCUT2D eigenvalue weighted by Gasteiger charge is 2.27. The van der Waals surface area contributed by atoms with Gasteiger partial charge in [0, 0.05) is 24.8 Å². The average molecular weight is 287 g/mol. The van der Waals surface area contributed by atoms with Crippen LogP contribution in [-0.4, -0.2) is 38.6 Å². The molecule has 5 heteroatoms. The molecule has 1 aliphatic rings. The number of nitrogens with two attached hydrogens (primary N) is 1. The van der Waals surface area contributed by atoms with Crippen LogP contribution >= 0.6 is 0 Å². The SMILES string of the molecule is CCN(CCn1c(C)c(C)c2c(N)nc(C)nc21)C1CC1. The van der Waals surface area contributed by atoms with Crippen LogP contribution in [-0.2, 0) is 6.54 Å². The zero-order valence-electron chi connectivity index (χ0n) is 13.5. The van der Waals surface area contributed by atoms with Crippen molar-refractivity contribution < 1.29 is 0 Å². The molecular formula is C16H25N5. The van der Waals surface area contributed by atoms with E-state index in [9.17, 15) is 0 Å². The highest BCUT2D eigenvalue weighted by molar-refractivity contribution is 5.91. The second-order valence-electron chi connectivity index (χ2n) is 6.08. The van der Waals surface area contributed by atoms with Crippen LogP contribution in [0.5, 0.6) is 0 Å². The van der Waals surface area contributed by atoms with Crippen molar-refractivity contribution in [3.63, 3.8) is 0 Å². The number of rotatable bonds is 5. The van der Waals surface area contributed by atoms with E-state index < -0.39 is 0 Å². The third kappa shape index (κ3) is 2.50. The zero-order chi connectivity index (χ0) is 15.1. The summed E-state index contributed by atoms with van der Waals surface area (Å²) >= 11 is 0. The van der Waals surface area contributed by atoms with Gasteiger partial charge in [0.1, 0.15) is 17.3 Å². The Labute approximate surface area is 126 Å². The predicted molar refractivity (Wildman–Crippen MR) is 86.4 cm³/mol. The minimum Gasteiger partial charge on any atom is -0.383 e. The molecule has 0 unspecified atom stereocenters.